The van der Waals surface area contributed by atoms with Crippen molar-refractivity contribution in [3.05, 3.63) is 34.6 Å². The van der Waals surface area contributed by atoms with Crippen LogP contribution in [0.15, 0.2) is 18.2 Å². The predicted molar refractivity (Wildman–Crippen MR) is 74.6 cm³/mol. The van der Waals surface area contributed by atoms with Crippen molar-refractivity contribution in [3.8, 4) is 0 Å². The van der Waals surface area contributed by atoms with Crippen LogP contribution in [0.3, 0.4) is 0 Å². The van der Waals surface area contributed by atoms with E-state index in [0.717, 1.165) is 25.1 Å². The van der Waals surface area contributed by atoms with E-state index in [9.17, 15) is 4.39 Å². The van der Waals surface area contributed by atoms with Gasteiger partial charge in [0.05, 0.1) is 0 Å². The molecule has 1 nitrogen and oxygen atoms in total. The van der Waals surface area contributed by atoms with E-state index >= 15 is 0 Å². The van der Waals surface area contributed by atoms with Gasteiger partial charge in [-0.15, -0.1) is 0 Å². The first-order valence-electron chi connectivity index (χ1n) is 6.73. The Balaban J connectivity index is 1.95. The fraction of sp³-hybridized carbons (Fsp3) is 0.600. The Morgan fingerprint density at radius 3 is 2.78 bits per heavy atom. The van der Waals surface area contributed by atoms with Crippen LogP contribution in [0.2, 0.25) is 5.02 Å². The molecule has 0 bridgehead atoms. The molecule has 1 aromatic carbocycles. The first kappa shape index (κ1) is 13.8. The summed E-state index contributed by atoms with van der Waals surface area (Å²) in [4.78, 5) is 0. The SMILES string of the molecule is CC(C)CNCC1CCC1c1cc(F)ccc1Cl. The van der Waals surface area contributed by atoms with Crippen LogP contribution < -0.4 is 5.32 Å². The Morgan fingerprint density at radius 2 is 2.17 bits per heavy atom. The predicted octanol–water partition coefficient (Wildman–Crippen LogP) is 4.22. The van der Waals surface area contributed by atoms with Crippen LogP contribution in [-0.4, -0.2) is 13.1 Å². The van der Waals surface area contributed by atoms with Gasteiger partial charge in [0.15, 0.2) is 0 Å². The lowest BCUT2D eigenvalue weighted by Crippen LogP contribution is -2.35. The van der Waals surface area contributed by atoms with E-state index < -0.39 is 0 Å². The molecule has 18 heavy (non-hydrogen) atoms. The minimum absolute atomic E-state index is 0.185. The van der Waals surface area contributed by atoms with Crippen molar-refractivity contribution in [3.63, 3.8) is 0 Å². The largest absolute Gasteiger partial charge is 0.316 e. The molecule has 0 heterocycles. The molecule has 3 heteroatoms. The molecule has 1 aromatic rings. The average molecular weight is 270 g/mol. The van der Waals surface area contributed by atoms with Crippen LogP contribution in [0.5, 0.6) is 0 Å². The molecule has 0 spiro atoms. The fourth-order valence-corrected chi connectivity index (χ4v) is 2.84. The van der Waals surface area contributed by atoms with Crippen LogP contribution in [-0.2, 0) is 0 Å². The van der Waals surface area contributed by atoms with Gasteiger partial charge in [0.1, 0.15) is 5.82 Å². The summed E-state index contributed by atoms with van der Waals surface area (Å²) >= 11 is 6.17. The summed E-state index contributed by atoms with van der Waals surface area (Å²) in [5, 5.41) is 4.19. The lowest BCUT2D eigenvalue weighted by atomic mass is 9.70. The Hall–Kier alpha value is -0.600. The summed E-state index contributed by atoms with van der Waals surface area (Å²) in [6.45, 7) is 6.46. The smallest absolute Gasteiger partial charge is 0.123 e. The van der Waals surface area contributed by atoms with Gasteiger partial charge in [0, 0.05) is 5.02 Å². The average Bonchev–Trinajstić information content (AvgIpc) is 2.27. The van der Waals surface area contributed by atoms with E-state index in [2.05, 4.69) is 19.2 Å². The second-order valence-electron chi connectivity index (χ2n) is 5.66. The lowest BCUT2D eigenvalue weighted by molar-refractivity contribution is 0.243. The number of benzene rings is 1. The van der Waals surface area contributed by atoms with Crippen molar-refractivity contribution in [2.24, 2.45) is 11.8 Å². The van der Waals surface area contributed by atoms with E-state index in [0.29, 0.717) is 22.8 Å². The summed E-state index contributed by atoms with van der Waals surface area (Å²) in [6, 6.07) is 4.70. The molecule has 0 aromatic heterocycles. The first-order chi connectivity index (χ1) is 8.58. The van der Waals surface area contributed by atoms with Crippen LogP contribution in [0.25, 0.3) is 0 Å². The Bertz CT molecular complexity index is 405. The van der Waals surface area contributed by atoms with Gasteiger partial charge in [-0.1, -0.05) is 25.4 Å². The summed E-state index contributed by atoms with van der Waals surface area (Å²) in [5.74, 6) is 1.51. The van der Waals surface area contributed by atoms with Crippen molar-refractivity contribution < 1.29 is 4.39 Å². The number of halogens is 2. The number of hydrogen-bond acceptors (Lipinski definition) is 1. The van der Waals surface area contributed by atoms with E-state index in [1.807, 2.05) is 0 Å². The minimum Gasteiger partial charge on any atom is -0.316 e. The second-order valence-corrected chi connectivity index (χ2v) is 6.07. The zero-order valence-corrected chi connectivity index (χ0v) is 11.8. The molecule has 0 amide bonds. The molecule has 100 valence electrons. The lowest BCUT2D eigenvalue weighted by Gasteiger charge is -2.38. The van der Waals surface area contributed by atoms with Gasteiger partial charge in [-0.3, -0.25) is 0 Å². The van der Waals surface area contributed by atoms with Gasteiger partial charge in [0.25, 0.3) is 0 Å². The molecular weight excluding hydrogens is 249 g/mol. The van der Waals surface area contributed by atoms with E-state index in [4.69, 9.17) is 11.6 Å². The van der Waals surface area contributed by atoms with Gasteiger partial charge in [-0.05, 0) is 67.4 Å². The molecule has 0 radical (unpaired) electrons. The summed E-state index contributed by atoms with van der Waals surface area (Å²) < 4.78 is 13.3. The summed E-state index contributed by atoms with van der Waals surface area (Å²) in [5.41, 5.74) is 0.985. The molecular formula is C15H21ClFN. The highest BCUT2D eigenvalue weighted by molar-refractivity contribution is 6.31. The zero-order chi connectivity index (χ0) is 13.1. The summed E-state index contributed by atoms with van der Waals surface area (Å²) in [7, 11) is 0. The molecule has 1 N–H and O–H groups in total. The van der Waals surface area contributed by atoms with Gasteiger partial charge in [-0.2, -0.15) is 0 Å². The maximum Gasteiger partial charge on any atom is 0.123 e. The molecule has 1 saturated carbocycles. The van der Waals surface area contributed by atoms with Gasteiger partial charge in [-0.25, -0.2) is 4.39 Å². The number of rotatable bonds is 5. The highest BCUT2D eigenvalue weighted by Crippen LogP contribution is 2.44. The van der Waals surface area contributed by atoms with Gasteiger partial charge < -0.3 is 5.32 Å². The first-order valence-corrected chi connectivity index (χ1v) is 7.11. The fourth-order valence-electron chi connectivity index (χ4n) is 2.58. The maximum absolute atomic E-state index is 13.3. The number of nitrogens with one attached hydrogen (secondary N) is 1. The summed E-state index contributed by atoms with van der Waals surface area (Å²) in [6.07, 6.45) is 2.33. The Kier molecular flexibility index (Phi) is 4.63. The van der Waals surface area contributed by atoms with Crippen LogP contribution in [0.1, 0.15) is 38.2 Å². The molecule has 0 saturated heterocycles. The third kappa shape index (κ3) is 3.24. The zero-order valence-electron chi connectivity index (χ0n) is 11.0. The van der Waals surface area contributed by atoms with Crippen molar-refractivity contribution >= 4 is 11.6 Å². The molecule has 1 aliphatic carbocycles. The molecule has 2 unspecified atom stereocenters. The van der Waals surface area contributed by atoms with Gasteiger partial charge in [0.2, 0.25) is 0 Å². The normalized spacial score (nSPS) is 23.2. The van der Waals surface area contributed by atoms with Crippen molar-refractivity contribution in [1.29, 1.82) is 0 Å². The van der Waals surface area contributed by atoms with Crippen molar-refractivity contribution in [1.82, 2.24) is 5.32 Å². The second kappa shape index (κ2) is 6.03. The quantitative estimate of drug-likeness (QED) is 0.844. The Labute approximate surface area is 114 Å². The van der Waals surface area contributed by atoms with Crippen LogP contribution in [0, 0.1) is 17.7 Å². The van der Waals surface area contributed by atoms with E-state index in [1.54, 1.807) is 12.1 Å². The highest BCUT2D eigenvalue weighted by atomic mass is 35.5. The van der Waals surface area contributed by atoms with Crippen molar-refractivity contribution in [2.75, 3.05) is 13.1 Å². The monoisotopic (exact) mass is 269 g/mol. The third-order valence-corrected chi connectivity index (χ3v) is 4.08. The number of hydrogen-bond donors (Lipinski definition) is 1. The minimum atomic E-state index is -0.185. The van der Waals surface area contributed by atoms with Gasteiger partial charge >= 0.3 is 0 Å². The molecule has 0 aliphatic heterocycles. The molecule has 1 aliphatic rings. The Morgan fingerprint density at radius 1 is 1.39 bits per heavy atom. The molecule has 1 fully saturated rings. The molecule has 2 rings (SSSR count). The van der Waals surface area contributed by atoms with Crippen LogP contribution in [0.4, 0.5) is 4.39 Å². The standard InChI is InChI=1S/C15H21ClFN/c1-10(2)8-18-9-11-3-5-13(11)14-7-12(17)4-6-15(14)16/h4,6-7,10-11,13,18H,3,5,8-9H2,1-2H3. The maximum atomic E-state index is 13.3. The van der Waals surface area contributed by atoms with E-state index in [1.165, 1.54) is 12.5 Å². The third-order valence-electron chi connectivity index (χ3n) is 3.73. The van der Waals surface area contributed by atoms with Crippen molar-refractivity contribution in [2.45, 2.75) is 32.6 Å². The highest BCUT2D eigenvalue weighted by Gasteiger charge is 2.33. The van der Waals surface area contributed by atoms with E-state index in [-0.39, 0.29) is 5.82 Å². The molecule has 2 atom stereocenters. The topological polar surface area (TPSA) is 12.0 Å². The van der Waals surface area contributed by atoms with Crippen LogP contribution >= 0.6 is 11.6 Å².